The van der Waals surface area contributed by atoms with Crippen LogP contribution in [0.25, 0.3) is 0 Å². The van der Waals surface area contributed by atoms with Gasteiger partial charge in [-0.2, -0.15) is 5.10 Å². The van der Waals surface area contributed by atoms with Crippen molar-refractivity contribution in [3.63, 3.8) is 0 Å². The molecular weight excluding hydrogens is 556 g/mol. The number of methoxy groups -OCH3 is 2. The van der Waals surface area contributed by atoms with Gasteiger partial charge >= 0.3 is 0 Å². The van der Waals surface area contributed by atoms with E-state index in [9.17, 15) is 23.3 Å². The predicted octanol–water partition coefficient (Wildman–Crippen LogP) is 3.72. The number of para-hydroxylation sites is 2. The zero-order valence-corrected chi connectivity index (χ0v) is 21.5. The third-order valence-corrected chi connectivity index (χ3v) is 7.19. The number of hydrogen-bond donors (Lipinski definition) is 1. The Morgan fingerprint density at radius 1 is 1.11 bits per heavy atom. The van der Waals surface area contributed by atoms with Crippen LogP contribution in [0.5, 0.6) is 11.5 Å². The maximum Gasteiger partial charge on any atom is 0.293 e. The topological polar surface area (TPSA) is 140 Å². The van der Waals surface area contributed by atoms with Gasteiger partial charge in [-0.15, -0.1) is 0 Å². The second-order valence-electron chi connectivity index (χ2n) is 7.10. The second kappa shape index (κ2) is 11.6. The maximum absolute atomic E-state index is 13.4. The Kier molecular flexibility index (Phi) is 8.61. The van der Waals surface area contributed by atoms with E-state index in [4.69, 9.17) is 9.47 Å². The van der Waals surface area contributed by atoms with Crippen molar-refractivity contribution in [3.8, 4) is 11.5 Å². The zero-order valence-electron chi connectivity index (χ0n) is 19.1. The first kappa shape index (κ1) is 26.6. The Morgan fingerprint density at radius 3 is 2.42 bits per heavy atom. The van der Waals surface area contributed by atoms with Crippen LogP contribution in [0.2, 0.25) is 0 Å². The molecule has 0 atom stereocenters. The number of nitrogens with one attached hydrogen (secondary N) is 1. The van der Waals surface area contributed by atoms with Crippen molar-refractivity contribution in [2.75, 3.05) is 25.1 Å². The molecule has 0 aromatic heterocycles. The van der Waals surface area contributed by atoms with Gasteiger partial charge in [0.15, 0.2) is 11.5 Å². The molecule has 0 radical (unpaired) electrons. The number of sulfonamides is 1. The average molecular weight is 577 g/mol. The van der Waals surface area contributed by atoms with Crippen LogP contribution in [0.1, 0.15) is 5.56 Å². The molecular formula is C23H21BrN4O7S. The van der Waals surface area contributed by atoms with Gasteiger partial charge in [-0.1, -0.05) is 30.3 Å². The summed E-state index contributed by atoms with van der Waals surface area (Å²) < 4.78 is 38.5. The number of hydrogen-bond acceptors (Lipinski definition) is 8. The number of nitrogens with zero attached hydrogens (tertiary/aromatic N) is 3. The third-order valence-electron chi connectivity index (χ3n) is 4.82. The Morgan fingerprint density at radius 2 is 1.78 bits per heavy atom. The van der Waals surface area contributed by atoms with E-state index in [1.807, 2.05) is 0 Å². The maximum atomic E-state index is 13.4. The normalized spacial score (nSPS) is 11.2. The van der Waals surface area contributed by atoms with Gasteiger partial charge in [0.2, 0.25) is 0 Å². The molecule has 0 heterocycles. The van der Waals surface area contributed by atoms with Crippen molar-refractivity contribution in [3.05, 3.63) is 86.9 Å². The van der Waals surface area contributed by atoms with E-state index in [1.54, 1.807) is 18.2 Å². The Bertz CT molecular complexity index is 1400. The van der Waals surface area contributed by atoms with Crippen LogP contribution in [-0.2, 0) is 14.8 Å². The van der Waals surface area contributed by atoms with Crippen molar-refractivity contribution in [1.82, 2.24) is 5.43 Å². The number of carbonyl (C=O) groups is 1. The van der Waals surface area contributed by atoms with Gasteiger partial charge in [-0.25, -0.2) is 18.1 Å². The summed E-state index contributed by atoms with van der Waals surface area (Å²) in [6.45, 7) is -0.755. The van der Waals surface area contributed by atoms with E-state index in [2.05, 4.69) is 26.5 Å². The standard InChI is InChI=1S/C23H21BrN4O7S/c1-34-21-13-16(12-18(24)23(21)35-2)14-25-26-22(29)15-27(19-10-6-7-11-20(19)28(30)31)36(32,33)17-8-4-3-5-9-17/h3-14H,15H2,1-2H3,(H,26,29)/b25-14-. The van der Waals surface area contributed by atoms with E-state index >= 15 is 0 Å². The van der Waals surface area contributed by atoms with Crippen LogP contribution >= 0.6 is 15.9 Å². The summed E-state index contributed by atoms with van der Waals surface area (Å²) >= 11 is 3.36. The van der Waals surface area contributed by atoms with E-state index < -0.39 is 33.1 Å². The highest BCUT2D eigenvalue weighted by atomic mass is 79.9. The van der Waals surface area contributed by atoms with Crippen LogP contribution in [0.3, 0.4) is 0 Å². The fraction of sp³-hybridized carbons (Fsp3) is 0.130. The molecule has 3 aromatic carbocycles. The summed E-state index contributed by atoms with van der Waals surface area (Å²) in [6, 6.07) is 15.9. The highest BCUT2D eigenvalue weighted by Crippen LogP contribution is 2.36. The van der Waals surface area contributed by atoms with Gasteiger partial charge in [0.05, 0.1) is 34.7 Å². The lowest BCUT2D eigenvalue weighted by Gasteiger charge is -2.23. The number of amides is 1. The van der Waals surface area contributed by atoms with Gasteiger partial charge in [-0.3, -0.25) is 14.9 Å². The molecule has 3 aromatic rings. The van der Waals surface area contributed by atoms with Gasteiger partial charge < -0.3 is 9.47 Å². The zero-order chi connectivity index (χ0) is 26.3. The summed E-state index contributed by atoms with van der Waals surface area (Å²) in [5.74, 6) is 0.0875. The van der Waals surface area contributed by atoms with E-state index in [-0.39, 0.29) is 10.6 Å². The first-order valence-corrected chi connectivity index (χ1v) is 12.5. The number of ether oxygens (including phenoxy) is 2. The quantitative estimate of drug-likeness (QED) is 0.220. The number of carbonyl (C=O) groups excluding carboxylic acids is 1. The molecule has 0 aliphatic rings. The molecule has 11 nitrogen and oxygen atoms in total. The average Bonchev–Trinajstić information content (AvgIpc) is 2.87. The SMILES string of the molecule is COc1cc(/C=N\NC(=O)CN(c2ccccc2[N+](=O)[O-])S(=O)(=O)c2ccccc2)cc(Br)c1OC. The first-order chi connectivity index (χ1) is 17.2. The predicted molar refractivity (Wildman–Crippen MR) is 137 cm³/mol. The summed E-state index contributed by atoms with van der Waals surface area (Å²) in [4.78, 5) is 23.4. The largest absolute Gasteiger partial charge is 0.493 e. The Balaban J connectivity index is 1.89. The smallest absolute Gasteiger partial charge is 0.293 e. The molecule has 0 aliphatic carbocycles. The lowest BCUT2D eigenvalue weighted by molar-refractivity contribution is -0.384. The highest BCUT2D eigenvalue weighted by Gasteiger charge is 2.31. The molecule has 0 saturated heterocycles. The molecule has 1 amide bonds. The molecule has 0 saturated carbocycles. The van der Waals surface area contributed by atoms with Crippen LogP contribution < -0.4 is 19.2 Å². The summed E-state index contributed by atoms with van der Waals surface area (Å²) in [5.41, 5.74) is 2.08. The number of benzene rings is 3. The van der Waals surface area contributed by atoms with Gasteiger partial charge in [0.1, 0.15) is 12.2 Å². The molecule has 3 rings (SSSR count). The molecule has 0 aliphatic heterocycles. The van der Waals surface area contributed by atoms with E-state index in [0.717, 1.165) is 6.07 Å². The van der Waals surface area contributed by atoms with Crippen molar-refractivity contribution in [2.45, 2.75) is 4.90 Å². The second-order valence-corrected chi connectivity index (χ2v) is 9.82. The van der Waals surface area contributed by atoms with Gasteiger partial charge in [-0.05, 0) is 51.8 Å². The number of anilines is 1. The molecule has 0 spiro atoms. The molecule has 0 bridgehead atoms. The Labute approximate surface area is 215 Å². The number of nitro benzene ring substituents is 1. The number of nitro groups is 1. The minimum Gasteiger partial charge on any atom is -0.493 e. The summed E-state index contributed by atoms with van der Waals surface area (Å²) in [6.07, 6.45) is 1.33. The summed E-state index contributed by atoms with van der Waals surface area (Å²) in [5, 5.41) is 15.4. The molecule has 1 N–H and O–H groups in total. The number of rotatable bonds is 10. The monoisotopic (exact) mass is 576 g/mol. The van der Waals surface area contributed by atoms with Crippen molar-refractivity contribution in [2.24, 2.45) is 5.10 Å². The Hall–Kier alpha value is -3.97. The fourth-order valence-corrected chi connectivity index (χ4v) is 5.28. The van der Waals surface area contributed by atoms with Crippen LogP contribution in [0.15, 0.2) is 81.2 Å². The minimum atomic E-state index is -4.33. The minimum absolute atomic E-state index is 0.130. The summed E-state index contributed by atoms with van der Waals surface area (Å²) in [7, 11) is -1.37. The van der Waals surface area contributed by atoms with Gasteiger partial charge in [0.25, 0.3) is 21.6 Å². The molecule has 13 heteroatoms. The van der Waals surface area contributed by atoms with E-state index in [1.165, 1.54) is 62.9 Å². The molecule has 0 unspecified atom stereocenters. The van der Waals surface area contributed by atoms with Crippen molar-refractivity contribution in [1.29, 1.82) is 0 Å². The fourth-order valence-electron chi connectivity index (χ4n) is 3.21. The lowest BCUT2D eigenvalue weighted by atomic mass is 10.2. The lowest BCUT2D eigenvalue weighted by Crippen LogP contribution is -2.39. The van der Waals surface area contributed by atoms with Crippen LogP contribution in [0, 0.1) is 10.1 Å². The third kappa shape index (κ3) is 5.98. The van der Waals surface area contributed by atoms with Crippen LogP contribution in [-0.4, -0.2) is 46.2 Å². The number of halogens is 1. The van der Waals surface area contributed by atoms with Crippen LogP contribution in [0.4, 0.5) is 11.4 Å². The number of hydrazone groups is 1. The first-order valence-electron chi connectivity index (χ1n) is 10.2. The van der Waals surface area contributed by atoms with E-state index in [0.29, 0.717) is 25.8 Å². The van der Waals surface area contributed by atoms with Gasteiger partial charge in [0, 0.05) is 6.07 Å². The molecule has 36 heavy (non-hydrogen) atoms. The molecule has 0 fully saturated rings. The van der Waals surface area contributed by atoms with Crippen molar-refractivity contribution >= 4 is 49.4 Å². The highest BCUT2D eigenvalue weighted by molar-refractivity contribution is 9.10. The van der Waals surface area contributed by atoms with Crippen molar-refractivity contribution < 1.29 is 27.6 Å². The molecule has 188 valence electrons.